The Kier molecular flexibility index (Phi) is 6.04. The van der Waals surface area contributed by atoms with Gasteiger partial charge in [-0.15, -0.1) is 10.2 Å². The molecule has 1 aromatic heterocycles. The van der Waals surface area contributed by atoms with Crippen molar-refractivity contribution in [3.8, 4) is 5.75 Å². The highest BCUT2D eigenvalue weighted by Crippen LogP contribution is 2.33. The van der Waals surface area contributed by atoms with E-state index in [0.717, 1.165) is 41.7 Å². The van der Waals surface area contributed by atoms with Crippen LogP contribution in [0.25, 0.3) is 5.57 Å². The van der Waals surface area contributed by atoms with Crippen molar-refractivity contribution >= 4 is 18.2 Å². The minimum Gasteiger partial charge on any atom is -0.493 e. The fourth-order valence-corrected chi connectivity index (χ4v) is 4.46. The van der Waals surface area contributed by atoms with E-state index < -0.39 is 0 Å². The zero-order valence-corrected chi connectivity index (χ0v) is 18.5. The van der Waals surface area contributed by atoms with Crippen LogP contribution in [0.15, 0.2) is 41.3 Å². The summed E-state index contributed by atoms with van der Waals surface area (Å²) >= 11 is 0. The first-order valence-electron chi connectivity index (χ1n) is 11.3. The van der Waals surface area contributed by atoms with E-state index in [9.17, 15) is 9.18 Å². The summed E-state index contributed by atoms with van der Waals surface area (Å²) in [7, 11) is 0. The number of nitrogens with zero attached hydrogens (tertiary/aromatic N) is 5. The zero-order valence-electron chi connectivity index (χ0n) is 18.5. The first-order valence-corrected chi connectivity index (χ1v) is 11.3. The lowest BCUT2D eigenvalue weighted by molar-refractivity contribution is -0.132. The van der Waals surface area contributed by atoms with Gasteiger partial charge in [0, 0.05) is 54.9 Å². The first kappa shape index (κ1) is 21.5. The highest BCUT2D eigenvalue weighted by molar-refractivity contribution is 5.82. The molecule has 3 aliphatic rings. The van der Waals surface area contributed by atoms with Gasteiger partial charge in [-0.1, -0.05) is 6.08 Å². The summed E-state index contributed by atoms with van der Waals surface area (Å²) in [6.45, 7) is 6.24. The molecule has 2 aliphatic heterocycles. The van der Waals surface area contributed by atoms with Crippen LogP contribution in [0.3, 0.4) is 0 Å². The van der Waals surface area contributed by atoms with E-state index in [1.807, 2.05) is 9.47 Å². The van der Waals surface area contributed by atoms with Gasteiger partial charge < -0.3 is 14.2 Å². The first-order chi connectivity index (χ1) is 16.2. The number of nitrogens with one attached hydrogen (secondary N) is 1. The Morgan fingerprint density at radius 2 is 2.24 bits per heavy atom. The van der Waals surface area contributed by atoms with Crippen LogP contribution in [0, 0.1) is 11.7 Å². The molecule has 0 radical (unpaired) electrons. The van der Waals surface area contributed by atoms with Gasteiger partial charge >= 0.3 is 0 Å². The van der Waals surface area contributed by atoms with Crippen molar-refractivity contribution in [2.75, 3.05) is 19.7 Å². The van der Waals surface area contributed by atoms with Crippen LogP contribution >= 0.6 is 0 Å². The summed E-state index contributed by atoms with van der Waals surface area (Å²) in [5.41, 5.74) is 3.47. The van der Waals surface area contributed by atoms with E-state index in [2.05, 4.69) is 33.3 Å². The lowest BCUT2D eigenvalue weighted by atomic mass is 9.99. The number of hydrogen-bond acceptors (Lipinski definition) is 6. The highest BCUT2D eigenvalue weighted by atomic mass is 19.1. The van der Waals surface area contributed by atoms with E-state index in [-0.39, 0.29) is 17.6 Å². The number of aromatic nitrogens is 3. The topological polar surface area (TPSA) is 84.6 Å². The standard InChI is InChI=1S/C24H27FN6O2/c1-26-12-19(16-6-9-30(10-7-16)24(32)17-2-3-17)23-29-28-15-31(23)14-27-13-20-18-8-11-33-22(18)5-4-21(20)25/h4-6,12,15,17,27H,1-3,7-11,13-14H2/b19-12-. The molecule has 172 valence electrons. The largest absolute Gasteiger partial charge is 0.493 e. The van der Waals surface area contributed by atoms with Crippen molar-refractivity contribution in [3.63, 3.8) is 0 Å². The monoisotopic (exact) mass is 450 g/mol. The van der Waals surface area contributed by atoms with E-state index >= 15 is 0 Å². The number of halogens is 1. The number of ether oxygens (including phenoxy) is 1. The second-order valence-corrected chi connectivity index (χ2v) is 8.57. The number of aliphatic imine (C=N–C) groups is 1. The van der Waals surface area contributed by atoms with Crippen LogP contribution in [0.5, 0.6) is 5.75 Å². The highest BCUT2D eigenvalue weighted by Gasteiger charge is 2.34. The van der Waals surface area contributed by atoms with Crippen LogP contribution in [-0.2, 0) is 24.4 Å². The van der Waals surface area contributed by atoms with Crippen LogP contribution in [0.1, 0.15) is 36.2 Å². The molecule has 1 N–H and O–H groups in total. The molecule has 0 saturated heterocycles. The molecular formula is C24H27FN6O2. The summed E-state index contributed by atoms with van der Waals surface area (Å²) in [4.78, 5) is 18.3. The van der Waals surface area contributed by atoms with E-state index in [1.54, 1.807) is 18.6 Å². The van der Waals surface area contributed by atoms with Gasteiger partial charge in [-0.2, -0.15) is 0 Å². The van der Waals surface area contributed by atoms with E-state index in [4.69, 9.17) is 4.74 Å². The van der Waals surface area contributed by atoms with Gasteiger partial charge in [-0.05, 0) is 43.7 Å². The Morgan fingerprint density at radius 3 is 3.00 bits per heavy atom. The Bertz CT molecular complexity index is 1130. The number of benzene rings is 1. The van der Waals surface area contributed by atoms with Gasteiger partial charge in [0.15, 0.2) is 5.82 Å². The number of fused-ring (bicyclic) bond motifs is 1. The molecule has 1 amide bonds. The Labute approximate surface area is 191 Å². The molecule has 0 unspecified atom stereocenters. The molecule has 9 heteroatoms. The van der Waals surface area contributed by atoms with Crippen molar-refractivity contribution in [1.29, 1.82) is 0 Å². The zero-order chi connectivity index (χ0) is 22.8. The molecule has 1 aliphatic carbocycles. The molecule has 1 fully saturated rings. The van der Waals surface area contributed by atoms with Gasteiger partial charge in [-0.25, -0.2) is 4.39 Å². The van der Waals surface area contributed by atoms with Crippen molar-refractivity contribution in [1.82, 2.24) is 25.0 Å². The Morgan fingerprint density at radius 1 is 1.36 bits per heavy atom. The molecule has 33 heavy (non-hydrogen) atoms. The quantitative estimate of drug-likeness (QED) is 0.625. The van der Waals surface area contributed by atoms with Crippen molar-refractivity contribution < 1.29 is 13.9 Å². The molecule has 0 spiro atoms. The molecule has 2 aromatic rings. The summed E-state index contributed by atoms with van der Waals surface area (Å²) in [6, 6.07) is 3.14. The third-order valence-electron chi connectivity index (χ3n) is 6.39. The number of carbonyl (C=O) groups excluding carboxylic acids is 1. The fourth-order valence-electron chi connectivity index (χ4n) is 4.46. The van der Waals surface area contributed by atoms with Crippen LogP contribution in [-0.4, -0.2) is 52.0 Å². The van der Waals surface area contributed by atoms with Gasteiger partial charge in [0.05, 0.1) is 13.3 Å². The average molecular weight is 451 g/mol. The average Bonchev–Trinajstić information content (AvgIpc) is 3.39. The smallest absolute Gasteiger partial charge is 0.225 e. The summed E-state index contributed by atoms with van der Waals surface area (Å²) in [6.07, 6.45) is 8.85. The second-order valence-electron chi connectivity index (χ2n) is 8.57. The predicted octanol–water partition coefficient (Wildman–Crippen LogP) is 2.71. The third kappa shape index (κ3) is 4.45. The maximum absolute atomic E-state index is 14.4. The van der Waals surface area contributed by atoms with E-state index in [1.165, 1.54) is 6.07 Å². The van der Waals surface area contributed by atoms with Gasteiger partial charge in [0.25, 0.3) is 0 Å². The molecule has 1 aromatic carbocycles. The maximum Gasteiger partial charge on any atom is 0.225 e. The lowest BCUT2D eigenvalue weighted by Crippen LogP contribution is -2.36. The summed E-state index contributed by atoms with van der Waals surface area (Å²) < 4.78 is 21.8. The Balaban J connectivity index is 1.28. The van der Waals surface area contributed by atoms with Crippen molar-refractivity contribution in [3.05, 3.63) is 59.1 Å². The maximum atomic E-state index is 14.4. The van der Waals surface area contributed by atoms with Crippen LogP contribution in [0.2, 0.25) is 0 Å². The normalized spacial score (nSPS) is 18.0. The number of carbonyl (C=O) groups is 1. The van der Waals surface area contributed by atoms with Crippen molar-refractivity contribution in [2.24, 2.45) is 10.9 Å². The van der Waals surface area contributed by atoms with E-state index in [0.29, 0.717) is 50.7 Å². The molecule has 5 rings (SSSR count). The summed E-state index contributed by atoms with van der Waals surface area (Å²) in [5.74, 6) is 1.67. The number of amides is 1. The number of hydrogen-bond donors (Lipinski definition) is 1. The van der Waals surface area contributed by atoms with Gasteiger partial charge in [0.1, 0.15) is 17.9 Å². The van der Waals surface area contributed by atoms with Gasteiger partial charge in [0.2, 0.25) is 5.91 Å². The molecule has 1 saturated carbocycles. The SMILES string of the molecule is C=N/C=C(/C1=CCN(C(=O)C2CC2)CC1)c1nncn1CNCc1c(F)ccc2c1CCO2. The fraction of sp³-hybridized carbons (Fsp3) is 0.417. The molecule has 0 atom stereocenters. The molecule has 3 heterocycles. The molecule has 0 bridgehead atoms. The minimum atomic E-state index is -0.232. The lowest BCUT2D eigenvalue weighted by Gasteiger charge is -2.27. The van der Waals surface area contributed by atoms with Gasteiger partial charge in [-0.3, -0.25) is 15.1 Å². The number of rotatable bonds is 8. The van der Waals surface area contributed by atoms with Crippen LogP contribution < -0.4 is 10.1 Å². The minimum absolute atomic E-state index is 0.223. The molecule has 8 nitrogen and oxygen atoms in total. The summed E-state index contributed by atoms with van der Waals surface area (Å²) in [5, 5.41) is 11.7. The van der Waals surface area contributed by atoms with Crippen molar-refractivity contribution in [2.45, 2.75) is 38.9 Å². The second kappa shape index (κ2) is 9.27. The Hall–Kier alpha value is -3.33. The predicted molar refractivity (Wildman–Crippen MR) is 122 cm³/mol. The van der Waals surface area contributed by atoms with Crippen LogP contribution in [0.4, 0.5) is 4.39 Å². The molecular weight excluding hydrogens is 423 g/mol. The third-order valence-corrected chi connectivity index (χ3v) is 6.39. The number of allylic oxidation sites excluding steroid dienone is 1.